The number of hydrogen-bond acceptors (Lipinski definition) is 5. The van der Waals surface area contributed by atoms with Crippen LogP contribution in [0.3, 0.4) is 0 Å². The van der Waals surface area contributed by atoms with E-state index in [-0.39, 0.29) is 17.7 Å². The van der Waals surface area contributed by atoms with Gasteiger partial charge in [0, 0.05) is 31.4 Å². The first-order valence-corrected chi connectivity index (χ1v) is 8.75. The summed E-state index contributed by atoms with van der Waals surface area (Å²) in [7, 11) is 3.60. The summed E-state index contributed by atoms with van der Waals surface area (Å²) >= 11 is 0. The number of pyridine rings is 1. The maximum Gasteiger partial charge on any atom is 0.224 e. The normalized spacial score (nSPS) is 18.4. The molecule has 1 aliphatic rings. The van der Waals surface area contributed by atoms with E-state index in [0.29, 0.717) is 29.9 Å². The Kier molecular flexibility index (Phi) is 5.13. The van der Waals surface area contributed by atoms with Crippen molar-refractivity contribution in [1.82, 2.24) is 19.8 Å². The Morgan fingerprint density at radius 2 is 2.32 bits per heavy atom. The molecule has 0 spiro atoms. The molecule has 0 aliphatic carbocycles. The third-order valence-corrected chi connectivity index (χ3v) is 4.86. The van der Waals surface area contributed by atoms with E-state index < -0.39 is 0 Å². The first kappa shape index (κ1) is 17.5. The molecule has 7 nitrogen and oxygen atoms in total. The van der Waals surface area contributed by atoms with Crippen molar-refractivity contribution in [2.24, 2.45) is 5.92 Å². The lowest BCUT2D eigenvalue weighted by atomic mass is 9.97. The molecule has 1 aliphatic heterocycles. The molecular weight excluding hydrogens is 320 g/mol. The van der Waals surface area contributed by atoms with Crippen molar-refractivity contribution in [3.63, 3.8) is 0 Å². The van der Waals surface area contributed by atoms with Crippen molar-refractivity contribution < 1.29 is 14.6 Å². The number of rotatable bonds is 5. The Hall–Kier alpha value is -2.28. The first-order valence-electron chi connectivity index (χ1n) is 8.75. The zero-order valence-corrected chi connectivity index (χ0v) is 15.1. The quantitative estimate of drug-likeness (QED) is 0.862. The number of methoxy groups -OCH3 is 1. The molecule has 0 saturated carbocycles. The molecular formula is C18H26N4O3. The molecule has 3 rings (SSSR count). The highest BCUT2D eigenvalue weighted by Crippen LogP contribution is 2.30. The lowest BCUT2D eigenvalue weighted by Gasteiger charge is -2.28. The lowest BCUT2D eigenvalue weighted by Crippen LogP contribution is -2.41. The number of carbonyl (C=O) groups is 1. The van der Waals surface area contributed by atoms with Gasteiger partial charge in [0.05, 0.1) is 23.9 Å². The van der Waals surface area contributed by atoms with E-state index in [2.05, 4.69) is 15.2 Å². The third-order valence-electron chi connectivity index (χ3n) is 4.86. The standard InChI is InChI=1S/C18H26N4O3/c1-4-22-11-15-14(18(22)24)8-13(17(20-15)25-3)9-19-16(23)12-6-5-7-21(2)10-12/h8,11-12,24H,4-7,9-10H2,1-3H3,(H,19,23). The molecule has 136 valence electrons. The van der Waals surface area contributed by atoms with Crippen molar-refractivity contribution in [2.45, 2.75) is 32.9 Å². The fraction of sp³-hybridized carbons (Fsp3) is 0.556. The van der Waals surface area contributed by atoms with Crippen molar-refractivity contribution in [3.05, 3.63) is 17.8 Å². The number of aromatic nitrogens is 2. The summed E-state index contributed by atoms with van der Waals surface area (Å²) in [5, 5.41) is 13.9. The van der Waals surface area contributed by atoms with E-state index in [1.807, 2.05) is 20.0 Å². The van der Waals surface area contributed by atoms with Gasteiger partial charge in [-0.1, -0.05) is 0 Å². The Labute approximate surface area is 147 Å². The highest BCUT2D eigenvalue weighted by molar-refractivity contribution is 5.86. The Morgan fingerprint density at radius 1 is 1.52 bits per heavy atom. The van der Waals surface area contributed by atoms with E-state index >= 15 is 0 Å². The molecule has 25 heavy (non-hydrogen) atoms. The fourth-order valence-electron chi connectivity index (χ4n) is 3.44. The SMILES string of the molecule is CCn1cc2nc(OC)c(CNC(=O)C3CCCN(C)C3)cc2c1O. The predicted octanol–water partition coefficient (Wildman–Crippen LogP) is 1.73. The summed E-state index contributed by atoms with van der Waals surface area (Å²) in [4.78, 5) is 19.1. The Morgan fingerprint density at radius 3 is 3.00 bits per heavy atom. The minimum absolute atomic E-state index is 0.0241. The molecule has 2 aromatic rings. The minimum atomic E-state index is 0.0241. The van der Waals surface area contributed by atoms with Gasteiger partial charge in [0.1, 0.15) is 0 Å². The maximum atomic E-state index is 12.4. The molecule has 1 fully saturated rings. The number of nitrogens with zero attached hydrogens (tertiary/aromatic N) is 3. The van der Waals surface area contributed by atoms with Crippen LogP contribution in [0.2, 0.25) is 0 Å². The summed E-state index contributed by atoms with van der Waals surface area (Å²) in [6.45, 7) is 4.79. The number of aromatic hydroxyl groups is 1. The van der Waals surface area contributed by atoms with Crippen LogP contribution < -0.4 is 10.1 Å². The van der Waals surface area contributed by atoms with Gasteiger partial charge >= 0.3 is 0 Å². The van der Waals surface area contributed by atoms with E-state index in [4.69, 9.17) is 4.74 Å². The number of amides is 1. The van der Waals surface area contributed by atoms with Crippen molar-refractivity contribution in [1.29, 1.82) is 0 Å². The van der Waals surface area contributed by atoms with Gasteiger partial charge in [0.15, 0.2) is 0 Å². The molecule has 0 aromatic carbocycles. The molecule has 1 amide bonds. The van der Waals surface area contributed by atoms with Gasteiger partial charge in [-0.25, -0.2) is 4.98 Å². The van der Waals surface area contributed by atoms with Gasteiger partial charge in [-0.3, -0.25) is 4.79 Å². The average Bonchev–Trinajstić information content (AvgIpc) is 2.94. The summed E-state index contributed by atoms with van der Waals surface area (Å²) in [5.41, 5.74) is 1.44. The van der Waals surface area contributed by atoms with Gasteiger partial charge in [0.25, 0.3) is 0 Å². The van der Waals surface area contributed by atoms with Crippen LogP contribution in [0.5, 0.6) is 11.8 Å². The average molecular weight is 346 g/mol. The number of ether oxygens (including phenoxy) is 1. The third kappa shape index (κ3) is 3.56. The molecule has 1 saturated heterocycles. The van der Waals surface area contributed by atoms with Crippen LogP contribution in [0.25, 0.3) is 10.9 Å². The number of aryl methyl sites for hydroxylation is 1. The van der Waals surface area contributed by atoms with E-state index in [9.17, 15) is 9.90 Å². The molecule has 1 atom stereocenters. The van der Waals surface area contributed by atoms with Gasteiger partial charge in [0.2, 0.25) is 17.7 Å². The van der Waals surface area contributed by atoms with Crippen LogP contribution in [0.1, 0.15) is 25.3 Å². The highest BCUT2D eigenvalue weighted by atomic mass is 16.5. The molecule has 2 N–H and O–H groups in total. The minimum Gasteiger partial charge on any atom is -0.494 e. The summed E-state index contributed by atoms with van der Waals surface area (Å²) < 4.78 is 7.10. The van der Waals surface area contributed by atoms with Gasteiger partial charge < -0.3 is 24.6 Å². The number of hydrogen-bond donors (Lipinski definition) is 2. The van der Waals surface area contributed by atoms with Crippen LogP contribution in [0.15, 0.2) is 12.3 Å². The summed E-state index contributed by atoms with van der Waals surface area (Å²) in [6, 6.07) is 1.84. The second kappa shape index (κ2) is 7.31. The van der Waals surface area contributed by atoms with Crippen molar-refractivity contribution in [3.8, 4) is 11.8 Å². The smallest absolute Gasteiger partial charge is 0.224 e. The number of piperidine rings is 1. The maximum absolute atomic E-state index is 12.4. The molecule has 2 aromatic heterocycles. The fourth-order valence-corrected chi connectivity index (χ4v) is 3.44. The van der Waals surface area contributed by atoms with Crippen molar-refractivity contribution in [2.75, 3.05) is 27.2 Å². The van der Waals surface area contributed by atoms with Crippen LogP contribution >= 0.6 is 0 Å². The lowest BCUT2D eigenvalue weighted by molar-refractivity contribution is -0.126. The van der Waals surface area contributed by atoms with Gasteiger partial charge in [-0.2, -0.15) is 0 Å². The van der Waals surface area contributed by atoms with Crippen LogP contribution in [0.4, 0.5) is 0 Å². The number of carbonyl (C=O) groups excluding carboxylic acids is 1. The van der Waals surface area contributed by atoms with Crippen molar-refractivity contribution >= 4 is 16.8 Å². The molecule has 0 bridgehead atoms. The zero-order chi connectivity index (χ0) is 18.0. The monoisotopic (exact) mass is 346 g/mol. The van der Waals surface area contributed by atoms with Gasteiger partial charge in [-0.15, -0.1) is 0 Å². The summed E-state index contributed by atoms with van der Waals surface area (Å²) in [6.07, 6.45) is 3.77. The first-order chi connectivity index (χ1) is 12.0. The molecule has 7 heteroatoms. The Balaban J connectivity index is 1.78. The van der Waals surface area contributed by atoms with Gasteiger partial charge in [-0.05, 0) is 39.4 Å². The topological polar surface area (TPSA) is 79.6 Å². The molecule has 0 radical (unpaired) electrons. The Bertz CT molecular complexity index is 771. The molecule has 3 heterocycles. The largest absolute Gasteiger partial charge is 0.494 e. The van der Waals surface area contributed by atoms with E-state index in [0.717, 1.165) is 31.5 Å². The van der Waals surface area contributed by atoms with Crippen LogP contribution in [-0.4, -0.2) is 52.7 Å². The van der Waals surface area contributed by atoms with Crippen LogP contribution in [-0.2, 0) is 17.9 Å². The second-order valence-electron chi connectivity index (χ2n) is 6.65. The van der Waals surface area contributed by atoms with E-state index in [1.54, 1.807) is 17.9 Å². The number of likely N-dealkylation sites (tertiary alicyclic amines) is 1. The predicted molar refractivity (Wildman–Crippen MR) is 95.7 cm³/mol. The second-order valence-corrected chi connectivity index (χ2v) is 6.65. The number of nitrogens with one attached hydrogen (secondary N) is 1. The zero-order valence-electron chi connectivity index (χ0n) is 15.1. The van der Waals surface area contributed by atoms with Crippen LogP contribution in [0, 0.1) is 5.92 Å². The van der Waals surface area contributed by atoms with E-state index in [1.165, 1.54) is 0 Å². The molecule has 1 unspecified atom stereocenters. The highest BCUT2D eigenvalue weighted by Gasteiger charge is 2.24. The summed E-state index contributed by atoms with van der Waals surface area (Å²) in [5.74, 6) is 0.746. The number of fused-ring (bicyclic) bond motifs is 1.